The molecule has 28 heavy (non-hydrogen) atoms. The van der Waals surface area contributed by atoms with Crippen LogP contribution in [-0.2, 0) is 0 Å². The second kappa shape index (κ2) is 7.93. The fourth-order valence-electron chi connectivity index (χ4n) is 3.78. The normalized spacial score (nSPS) is 17.2. The molecule has 1 fully saturated rings. The van der Waals surface area contributed by atoms with Gasteiger partial charge >= 0.3 is 0 Å². The van der Waals surface area contributed by atoms with Crippen molar-refractivity contribution in [1.29, 1.82) is 0 Å². The van der Waals surface area contributed by atoms with E-state index in [1.54, 1.807) is 12.3 Å². The van der Waals surface area contributed by atoms with Gasteiger partial charge < -0.3 is 14.2 Å². The fraction of sp³-hybridized carbons (Fsp3) is 0.292. The van der Waals surface area contributed by atoms with E-state index in [0.717, 1.165) is 12.2 Å². The van der Waals surface area contributed by atoms with E-state index in [9.17, 15) is 4.79 Å². The molecule has 4 rings (SSSR count). The Bertz CT molecular complexity index is 919. The van der Waals surface area contributed by atoms with Gasteiger partial charge in [0, 0.05) is 25.3 Å². The molecule has 2 heterocycles. The van der Waals surface area contributed by atoms with Crippen LogP contribution in [0.1, 0.15) is 47.3 Å². The third-order valence-electron chi connectivity index (χ3n) is 5.41. The van der Waals surface area contributed by atoms with Crippen LogP contribution in [-0.4, -0.2) is 30.4 Å². The van der Waals surface area contributed by atoms with Gasteiger partial charge in [0.05, 0.1) is 17.9 Å². The average Bonchev–Trinajstić information content (AvgIpc) is 3.28. The summed E-state index contributed by atoms with van der Waals surface area (Å²) in [6, 6.07) is 21.9. The maximum atomic E-state index is 12.9. The van der Waals surface area contributed by atoms with Crippen LogP contribution in [0.4, 0.5) is 5.69 Å². The van der Waals surface area contributed by atoms with Crippen molar-refractivity contribution in [3.05, 3.63) is 89.9 Å². The van der Waals surface area contributed by atoms with Crippen LogP contribution in [0.2, 0.25) is 0 Å². The molecule has 0 spiro atoms. The lowest BCUT2D eigenvalue weighted by molar-refractivity contribution is 0.0721. The number of benzene rings is 2. The molecule has 1 aliphatic heterocycles. The number of carbonyl (C=O) groups excluding carboxylic acids is 1. The zero-order chi connectivity index (χ0) is 19.5. The van der Waals surface area contributed by atoms with Gasteiger partial charge in [-0.15, -0.1) is 0 Å². The first-order valence-electron chi connectivity index (χ1n) is 9.77. The lowest BCUT2D eigenvalue weighted by atomic mass is 9.98. The van der Waals surface area contributed by atoms with Crippen molar-refractivity contribution in [2.24, 2.45) is 0 Å². The predicted molar refractivity (Wildman–Crippen MR) is 111 cm³/mol. The first kappa shape index (κ1) is 18.4. The number of rotatable bonds is 4. The van der Waals surface area contributed by atoms with Crippen molar-refractivity contribution < 1.29 is 9.21 Å². The molecule has 0 bridgehead atoms. The van der Waals surface area contributed by atoms with Gasteiger partial charge in [-0.3, -0.25) is 4.79 Å². The number of hydrogen-bond donors (Lipinski definition) is 0. The van der Waals surface area contributed by atoms with Gasteiger partial charge in [-0.05, 0) is 41.3 Å². The lowest BCUT2D eigenvalue weighted by Gasteiger charge is -2.43. The Morgan fingerprint density at radius 3 is 2.68 bits per heavy atom. The van der Waals surface area contributed by atoms with Gasteiger partial charge in [-0.25, -0.2) is 0 Å². The first-order valence-corrected chi connectivity index (χ1v) is 9.77. The Balaban J connectivity index is 1.65. The van der Waals surface area contributed by atoms with Crippen LogP contribution in [0.15, 0.2) is 71.5 Å². The number of hydrogen-bond acceptors (Lipinski definition) is 3. The zero-order valence-corrected chi connectivity index (χ0v) is 16.3. The standard InChI is InChI=1S/C24H25N2O2/c1-18(2)20-9-6-10-22(15-20)26-13-12-25(24(27)21-11-14-28-17-21)16-23(26)19-7-4-3-5-8-19/h3-5,7-11,14-15,17-18,23H,12-13,16H2,1-2H3. The predicted octanol–water partition coefficient (Wildman–Crippen LogP) is 4.91. The smallest absolute Gasteiger partial charge is 0.257 e. The summed E-state index contributed by atoms with van der Waals surface area (Å²) in [6.07, 6.45) is 3.07. The fourth-order valence-corrected chi connectivity index (χ4v) is 3.78. The van der Waals surface area contributed by atoms with Crippen molar-refractivity contribution in [3.8, 4) is 0 Å². The van der Waals surface area contributed by atoms with Crippen molar-refractivity contribution in [3.63, 3.8) is 0 Å². The number of amides is 1. The zero-order valence-electron chi connectivity index (χ0n) is 16.3. The van der Waals surface area contributed by atoms with E-state index in [1.165, 1.54) is 17.4 Å². The number of piperazine rings is 1. The van der Waals surface area contributed by atoms with E-state index in [2.05, 4.69) is 67.3 Å². The molecule has 1 atom stereocenters. The highest BCUT2D eigenvalue weighted by Gasteiger charge is 2.31. The molecule has 4 nitrogen and oxygen atoms in total. The maximum Gasteiger partial charge on any atom is 0.257 e. The summed E-state index contributed by atoms with van der Waals surface area (Å²) in [6.45, 7) is 6.49. The molecule has 1 aliphatic rings. The summed E-state index contributed by atoms with van der Waals surface area (Å²) in [7, 11) is 0. The van der Waals surface area contributed by atoms with Crippen LogP contribution in [0.5, 0.6) is 0 Å². The largest absolute Gasteiger partial charge is 0.472 e. The minimum Gasteiger partial charge on any atom is -0.472 e. The highest BCUT2D eigenvalue weighted by Crippen LogP contribution is 2.32. The second-order valence-electron chi connectivity index (χ2n) is 7.56. The second-order valence-corrected chi connectivity index (χ2v) is 7.56. The number of anilines is 1. The third kappa shape index (κ3) is 3.68. The van der Waals surface area contributed by atoms with Gasteiger partial charge in [0.2, 0.25) is 0 Å². The number of furan rings is 1. The summed E-state index contributed by atoms with van der Waals surface area (Å²) in [5.41, 5.74) is 4.26. The Kier molecular flexibility index (Phi) is 5.20. The topological polar surface area (TPSA) is 36.7 Å². The van der Waals surface area contributed by atoms with E-state index >= 15 is 0 Å². The van der Waals surface area contributed by atoms with Gasteiger partial charge in [-0.1, -0.05) is 50.2 Å². The third-order valence-corrected chi connectivity index (χ3v) is 5.41. The summed E-state index contributed by atoms with van der Waals surface area (Å²) in [5.74, 6) is 0.479. The summed E-state index contributed by atoms with van der Waals surface area (Å²) in [5, 5.41) is 0. The monoisotopic (exact) mass is 373 g/mol. The quantitative estimate of drug-likeness (QED) is 0.652. The highest BCUT2D eigenvalue weighted by molar-refractivity contribution is 5.94. The van der Waals surface area contributed by atoms with E-state index in [4.69, 9.17) is 4.42 Å². The Morgan fingerprint density at radius 2 is 1.96 bits per heavy atom. The van der Waals surface area contributed by atoms with Gasteiger partial charge in [0.1, 0.15) is 6.26 Å². The van der Waals surface area contributed by atoms with Crippen LogP contribution in [0.3, 0.4) is 0 Å². The minimum atomic E-state index is 0.0248. The van der Waals surface area contributed by atoms with E-state index in [-0.39, 0.29) is 11.9 Å². The Morgan fingerprint density at radius 1 is 1.14 bits per heavy atom. The maximum absolute atomic E-state index is 12.9. The molecule has 0 aliphatic carbocycles. The average molecular weight is 373 g/mol. The Labute approximate surface area is 166 Å². The molecule has 2 aromatic carbocycles. The molecule has 1 radical (unpaired) electrons. The summed E-state index contributed by atoms with van der Waals surface area (Å²) < 4.78 is 5.10. The van der Waals surface area contributed by atoms with Crippen molar-refractivity contribution >= 4 is 11.6 Å². The first-order chi connectivity index (χ1) is 13.6. The molecule has 1 saturated heterocycles. The lowest BCUT2D eigenvalue weighted by Crippen LogP contribution is -2.50. The minimum absolute atomic E-state index is 0.0248. The molecular weight excluding hydrogens is 348 g/mol. The van der Waals surface area contributed by atoms with Crippen molar-refractivity contribution in [1.82, 2.24) is 4.90 Å². The molecule has 1 unspecified atom stereocenters. The SMILES string of the molecule is CC(C)c1c[c]cc(N2CCN(C(=O)c3ccoc3)CC2c2ccccc2)c1. The van der Waals surface area contributed by atoms with Crippen molar-refractivity contribution in [2.75, 3.05) is 24.5 Å². The van der Waals surface area contributed by atoms with Crippen molar-refractivity contribution in [2.45, 2.75) is 25.8 Å². The van der Waals surface area contributed by atoms with E-state index < -0.39 is 0 Å². The number of nitrogens with zero attached hydrogens (tertiary/aromatic N) is 2. The molecule has 0 N–H and O–H groups in total. The van der Waals surface area contributed by atoms with Gasteiger partial charge in [0.15, 0.2) is 0 Å². The molecule has 0 saturated carbocycles. The van der Waals surface area contributed by atoms with Crippen LogP contribution < -0.4 is 4.90 Å². The van der Waals surface area contributed by atoms with Gasteiger partial charge in [-0.2, -0.15) is 0 Å². The molecule has 3 aromatic rings. The molecular formula is C24H25N2O2. The Hall–Kier alpha value is -3.01. The summed E-state index contributed by atoms with van der Waals surface area (Å²) >= 11 is 0. The molecule has 143 valence electrons. The molecule has 4 heteroatoms. The van der Waals surface area contributed by atoms with E-state index in [0.29, 0.717) is 24.6 Å². The molecule has 1 aromatic heterocycles. The molecule has 1 amide bonds. The number of carbonyl (C=O) groups is 1. The van der Waals surface area contributed by atoms with Crippen LogP contribution in [0.25, 0.3) is 0 Å². The van der Waals surface area contributed by atoms with Crippen LogP contribution >= 0.6 is 0 Å². The van der Waals surface area contributed by atoms with Gasteiger partial charge in [0.25, 0.3) is 5.91 Å². The van der Waals surface area contributed by atoms with Crippen LogP contribution in [0, 0.1) is 6.07 Å². The van der Waals surface area contributed by atoms with E-state index in [1.807, 2.05) is 11.0 Å². The summed E-state index contributed by atoms with van der Waals surface area (Å²) in [4.78, 5) is 17.2. The highest BCUT2D eigenvalue weighted by atomic mass is 16.3.